The lowest BCUT2D eigenvalue weighted by molar-refractivity contribution is 0.192. The van der Waals surface area contributed by atoms with Crippen LogP contribution in [0.1, 0.15) is 19.3 Å². The monoisotopic (exact) mass is 262 g/mol. The van der Waals surface area contributed by atoms with Crippen molar-refractivity contribution < 1.29 is 0 Å². The molecule has 4 nitrogen and oxygen atoms in total. The summed E-state index contributed by atoms with van der Waals surface area (Å²) in [7, 11) is 4.29. The topological polar surface area (TPSA) is 13.0 Å². The van der Waals surface area contributed by atoms with E-state index >= 15 is 0 Å². The molecule has 0 radical (unpaired) electrons. The van der Waals surface area contributed by atoms with Gasteiger partial charge in [-0.15, -0.1) is 0 Å². The second-order valence-electron chi connectivity index (χ2n) is 6.39. The number of rotatable bonds is 4. The van der Waals surface area contributed by atoms with Gasteiger partial charge in [-0.25, -0.2) is 0 Å². The second-order valence-corrected chi connectivity index (χ2v) is 6.39. The molecule has 0 saturated heterocycles. The summed E-state index contributed by atoms with van der Waals surface area (Å²) in [5.74, 6) is 1.74. The van der Waals surface area contributed by atoms with E-state index in [1.54, 1.807) is 0 Å². The number of nitrogens with zero attached hydrogens (tertiary/aromatic N) is 4. The van der Waals surface area contributed by atoms with Gasteiger partial charge in [0.05, 0.1) is 13.3 Å². The minimum absolute atomic E-state index is 0.871. The first-order valence-electron chi connectivity index (χ1n) is 7.46. The SMILES string of the molecule is CN1C=CN(C[C@@H]2CCC[C@H]2CN2C=CN(C)C2)C1. The van der Waals surface area contributed by atoms with Crippen molar-refractivity contribution in [3.63, 3.8) is 0 Å². The zero-order valence-corrected chi connectivity index (χ0v) is 12.2. The molecule has 106 valence electrons. The van der Waals surface area contributed by atoms with Crippen LogP contribution in [0.15, 0.2) is 24.8 Å². The minimum Gasteiger partial charge on any atom is -0.362 e. The third-order valence-electron chi connectivity index (χ3n) is 4.63. The molecule has 0 aromatic rings. The number of hydrogen-bond acceptors (Lipinski definition) is 4. The standard InChI is InChI=1S/C15H26N4/c1-16-6-8-18(12-16)10-14-4-3-5-15(14)11-19-9-7-17(2)13-19/h6-9,14-15H,3-5,10-13H2,1-2H3/t14-,15-/m0/s1. The van der Waals surface area contributed by atoms with Crippen molar-refractivity contribution in [2.24, 2.45) is 11.8 Å². The molecule has 2 heterocycles. The zero-order chi connectivity index (χ0) is 13.2. The summed E-state index contributed by atoms with van der Waals surface area (Å²) in [4.78, 5) is 9.44. The molecule has 1 aliphatic carbocycles. The summed E-state index contributed by atoms with van der Waals surface area (Å²) >= 11 is 0. The van der Waals surface area contributed by atoms with E-state index in [0.717, 1.165) is 25.2 Å². The van der Waals surface area contributed by atoms with Crippen LogP contribution in [0.2, 0.25) is 0 Å². The number of hydrogen-bond donors (Lipinski definition) is 0. The smallest absolute Gasteiger partial charge is 0.0890 e. The first-order chi connectivity index (χ1) is 9.20. The normalized spacial score (nSPS) is 30.2. The van der Waals surface area contributed by atoms with E-state index in [-0.39, 0.29) is 0 Å². The van der Waals surface area contributed by atoms with Crippen molar-refractivity contribution in [3.8, 4) is 0 Å². The van der Waals surface area contributed by atoms with Crippen LogP contribution in [0.3, 0.4) is 0 Å². The van der Waals surface area contributed by atoms with Crippen LogP contribution < -0.4 is 0 Å². The van der Waals surface area contributed by atoms with Crippen LogP contribution in [-0.4, -0.2) is 60.1 Å². The maximum Gasteiger partial charge on any atom is 0.0890 e. The van der Waals surface area contributed by atoms with Gasteiger partial charge >= 0.3 is 0 Å². The summed E-state index contributed by atoms with van der Waals surface area (Å²) in [6.45, 7) is 4.60. The molecular weight excluding hydrogens is 236 g/mol. The van der Waals surface area contributed by atoms with Crippen molar-refractivity contribution in [2.45, 2.75) is 19.3 Å². The Labute approximate surface area is 116 Å². The molecule has 0 amide bonds. The van der Waals surface area contributed by atoms with Gasteiger partial charge < -0.3 is 19.6 Å². The molecular formula is C15H26N4. The van der Waals surface area contributed by atoms with Crippen molar-refractivity contribution in [2.75, 3.05) is 40.5 Å². The van der Waals surface area contributed by atoms with Crippen molar-refractivity contribution >= 4 is 0 Å². The van der Waals surface area contributed by atoms with Gasteiger partial charge in [-0.05, 0) is 24.7 Å². The Morgan fingerprint density at radius 2 is 1.26 bits per heavy atom. The highest BCUT2D eigenvalue weighted by Gasteiger charge is 2.30. The van der Waals surface area contributed by atoms with E-state index in [1.165, 1.54) is 32.4 Å². The molecule has 1 fully saturated rings. The van der Waals surface area contributed by atoms with Crippen LogP contribution in [0, 0.1) is 11.8 Å². The molecule has 0 spiro atoms. The van der Waals surface area contributed by atoms with Crippen LogP contribution in [-0.2, 0) is 0 Å². The Kier molecular flexibility index (Phi) is 3.58. The van der Waals surface area contributed by atoms with Gasteiger partial charge in [0.2, 0.25) is 0 Å². The fraction of sp³-hybridized carbons (Fsp3) is 0.733. The lowest BCUT2D eigenvalue weighted by atomic mass is 9.95. The quantitative estimate of drug-likeness (QED) is 0.765. The third-order valence-corrected chi connectivity index (χ3v) is 4.63. The van der Waals surface area contributed by atoms with Gasteiger partial charge in [0.1, 0.15) is 0 Å². The Bertz CT molecular complexity index is 331. The lowest BCUT2D eigenvalue weighted by Gasteiger charge is -2.29. The van der Waals surface area contributed by atoms with Crippen LogP contribution in [0.5, 0.6) is 0 Å². The summed E-state index contributed by atoms with van der Waals surface area (Å²) < 4.78 is 0. The summed E-state index contributed by atoms with van der Waals surface area (Å²) in [6.07, 6.45) is 13.1. The second kappa shape index (κ2) is 5.35. The van der Waals surface area contributed by atoms with E-state index in [1.807, 2.05) is 0 Å². The molecule has 3 rings (SSSR count). The highest BCUT2D eigenvalue weighted by molar-refractivity contribution is 4.94. The molecule has 0 aromatic heterocycles. The lowest BCUT2D eigenvalue weighted by Crippen LogP contribution is -2.34. The zero-order valence-electron chi connectivity index (χ0n) is 12.2. The minimum atomic E-state index is 0.871. The van der Waals surface area contributed by atoms with Crippen LogP contribution >= 0.6 is 0 Å². The average Bonchev–Trinajstić information content (AvgIpc) is 3.06. The average molecular weight is 262 g/mol. The molecule has 0 bridgehead atoms. The summed E-state index contributed by atoms with van der Waals surface area (Å²) in [5.41, 5.74) is 0. The van der Waals surface area contributed by atoms with Gasteiger partial charge in [0, 0.05) is 52.0 Å². The molecule has 0 aromatic carbocycles. The van der Waals surface area contributed by atoms with Gasteiger partial charge in [0.25, 0.3) is 0 Å². The Balaban J connectivity index is 1.50. The van der Waals surface area contributed by atoms with Crippen molar-refractivity contribution in [1.29, 1.82) is 0 Å². The predicted octanol–water partition coefficient (Wildman–Crippen LogP) is 1.75. The molecule has 0 N–H and O–H groups in total. The van der Waals surface area contributed by atoms with Gasteiger partial charge in [-0.2, -0.15) is 0 Å². The summed E-state index contributed by atoms with van der Waals surface area (Å²) in [5, 5.41) is 0. The van der Waals surface area contributed by atoms with Gasteiger partial charge in [-0.3, -0.25) is 0 Å². The largest absolute Gasteiger partial charge is 0.362 e. The highest BCUT2D eigenvalue weighted by atomic mass is 15.3. The summed E-state index contributed by atoms with van der Waals surface area (Å²) in [6, 6.07) is 0. The molecule has 2 aliphatic heterocycles. The first-order valence-corrected chi connectivity index (χ1v) is 7.46. The maximum absolute atomic E-state index is 2.47. The van der Waals surface area contributed by atoms with Gasteiger partial charge in [0.15, 0.2) is 0 Å². The van der Waals surface area contributed by atoms with Gasteiger partial charge in [-0.1, -0.05) is 6.42 Å². The van der Waals surface area contributed by atoms with Crippen molar-refractivity contribution in [1.82, 2.24) is 19.6 Å². The Hall–Kier alpha value is -1.32. The van der Waals surface area contributed by atoms with E-state index in [9.17, 15) is 0 Å². The first kappa shape index (κ1) is 12.7. The molecule has 1 saturated carbocycles. The van der Waals surface area contributed by atoms with Crippen molar-refractivity contribution in [3.05, 3.63) is 24.8 Å². The fourth-order valence-electron chi connectivity index (χ4n) is 3.61. The molecule has 0 unspecified atom stereocenters. The molecule has 19 heavy (non-hydrogen) atoms. The highest BCUT2D eigenvalue weighted by Crippen LogP contribution is 2.34. The predicted molar refractivity (Wildman–Crippen MR) is 77.8 cm³/mol. The van der Waals surface area contributed by atoms with E-state index < -0.39 is 0 Å². The van der Waals surface area contributed by atoms with E-state index in [2.05, 4.69) is 58.5 Å². The Morgan fingerprint density at radius 3 is 1.63 bits per heavy atom. The van der Waals surface area contributed by atoms with Crippen LogP contribution in [0.4, 0.5) is 0 Å². The van der Waals surface area contributed by atoms with Crippen LogP contribution in [0.25, 0.3) is 0 Å². The van der Waals surface area contributed by atoms with E-state index in [0.29, 0.717) is 0 Å². The fourth-order valence-corrected chi connectivity index (χ4v) is 3.61. The Morgan fingerprint density at radius 1 is 0.789 bits per heavy atom. The molecule has 3 aliphatic rings. The molecule has 2 atom stereocenters. The third kappa shape index (κ3) is 2.99. The molecule has 4 heteroatoms. The maximum atomic E-state index is 2.47. The van der Waals surface area contributed by atoms with E-state index in [4.69, 9.17) is 0 Å².